The number of anilines is 1. The van der Waals surface area contributed by atoms with Crippen molar-refractivity contribution in [3.05, 3.63) is 99.6 Å². The molecule has 2 N–H and O–H groups in total. The second-order valence-electron chi connectivity index (χ2n) is 14.5. The number of nitrogens with one attached hydrogen (secondary N) is 1. The van der Waals surface area contributed by atoms with Crippen LogP contribution in [0.4, 0.5) is 5.69 Å². The number of methoxy groups -OCH3 is 1. The van der Waals surface area contributed by atoms with Crippen molar-refractivity contribution in [3.63, 3.8) is 0 Å². The zero-order valence-corrected chi connectivity index (χ0v) is 30.2. The number of carbonyl (C=O) groups is 4. The normalized spacial score (nSPS) is 27.2. The fourth-order valence-electron chi connectivity index (χ4n) is 8.86. The number of likely N-dealkylation sites (tertiary alicyclic amines) is 1. The van der Waals surface area contributed by atoms with E-state index in [0.29, 0.717) is 39.8 Å². The van der Waals surface area contributed by atoms with Crippen LogP contribution >= 0.6 is 23.2 Å². The number of halogens is 2. The molecule has 7 rings (SSSR count). The monoisotopic (exact) mass is 731 g/mol. The summed E-state index contributed by atoms with van der Waals surface area (Å²) < 4.78 is 11.6. The molecule has 0 spiro atoms. The third-order valence-corrected chi connectivity index (χ3v) is 11.4. The van der Waals surface area contributed by atoms with Crippen LogP contribution in [-0.2, 0) is 24.6 Å². The number of para-hydroxylation sites is 1. The molecular formula is C39H39Cl2N3O7. The van der Waals surface area contributed by atoms with Gasteiger partial charge in [-0.3, -0.25) is 29.5 Å². The van der Waals surface area contributed by atoms with Crippen LogP contribution in [0.3, 0.4) is 0 Å². The smallest absolute Gasteiger partial charge is 0.260 e. The van der Waals surface area contributed by atoms with E-state index < -0.39 is 52.4 Å². The molecule has 1 saturated carbocycles. The number of fused-ring (bicyclic) bond motifs is 4. The number of aliphatic hydroxyl groups is 1. The van der Waals surface area contributed by atoms with E-state index in [9.17, 15) is 19.5 Å². The highest BCUT2D eigenvalue weighted by molar-refractivity contribution is 6.36. The summed E-state index contributed by atoms with van der Waals surface area (Å²) >= 11 is 12.7. The maximum atomic E-state index is 15.4. The topological polar surface area (TPSA) is 125 Å². The average Bonchev–Trinajstić information content (AvgIpc) is 3.49. The summed E-state index contributed by atoms with van der Waals surface area (Å²) in [7, 11) is 1.55. The molecule has 0 bridgehead atoms. The molecule has 3 aromatic carbocycles. The first-order valence-electron chi connectivity index (χ1n) is 17.0. The van der Waals surface area contributed by atoms with E-state index >= 15 is 4.79 Å². The summed E-state index contributed by atoms with van der Waals surface area (Å²) in [5, 5.41) is 11.4. The van der Waals surface area contributed by atoms with Crippen molar-refractivity contribution in [2.75, 3.05) is 25.7 Å². The molecule has 10 nitrogen and oxygen atoms in total. The lowest BCUT2D eigenvalue weighted by Gasteiger charge is -2.50. The van der Waals surface area contributed by atoms with Gasteiger partial charge in [0, 0.05) is 22.0 Å². The van der Waals surface area contributed by atoms with Crippen molar-refractivity contribution >= 4 is 52.5 Å². The third-order valence-electron chi connectivity index (χ3n) is 10.8. The largest absolute Gasteiger partial charge is 0.497 e. The summed E-state index contributed by atoms with van der Waals surface area (Å²) in [6.45, 7) is 5.28. The number of ether oxygens (including phenoxy) is 2. The molecule has 2 heterocycles. The van der Waals surface area contributed by atoms with Crippen LogP contribution in [0.1, 0.15) is 50.7 Å². The highest BCUT2D eigenvalue weighted by Gasteiger charge is 2.71. The number of carbonyl (C=O) groups excluding carboxylic acids is 4. The standard InChI is InChI=1S/C39H39Cl2N3O7/c1-38(2,3)43-34(46)26-15-14-24-27(32(26)36(43)48)20-28-35(47)44(42-30-16-11-22(40)19-29(30)41)37(49)39(28,21-9-12-23(50-4)13-10-21)33(24)25-7-5-6-8-31(25)51-18-17-45/h5-14,16,19,26-28,32-33,42,45H,15,17-18,20H2,1-4H3. The fourth-order valence-corrected chi connectivity index (χ4v) is 9.31. The van der Waals surface area contributed by atoms with Crippen LogP contribution in [0.2, 0.25) is 10.0 Å². The van der Waals surface area contributed by atoms with Crippen LogP contribution in [0.5, 0.6) is 11.5 Å². The third kappa shape index (κ3) is 5.41. The van der Waals surface area contributed by atoms with Gasteiger partial charge in [-0.15, -0.1) is 0 Å². The van der Waals surface area contributed by atoms with Gasteiger partial charge < -0.3 is 14.6 Å². The van der Waals surface area contributed by atoms with Crippen LogP contribution in [-0.4, -0.2) is 64.5 Å². The van der Waals surface area contributed by atoms with E-state index in [-0.39, 0.29) is 36.5 Å². The van der Waals surface area contributed by atoms with Crippen molar-refractivity contribution in [3.8, 4) is 11.5 Å². The van der Waals surface area contributed by atoms with Crippen LogP contribution < -0.4 is 14.9 Å². The van der Waals surface area contributed by atoms with Crippen LogP contribution in [0, 0.1) is 23.7 Å². The Kier molecular flexibility index (Phi) is 8.92. The Bertz CT molecular complexity index is 1960. The second-order valence-corrected chi connectivity index (χ2v) is 15.3. The minimum absolute atomic E-state index is 0.000966. The summed E-state index contributed by atoms with van der Waals surface area (Å²) in [5.41, 5.74) is 3.04. The first-order chi connectivity index (χ1) is 24.3. The molecule has 0 aromatic heterocycles. The fraction of sp³-hybridized carbons (Fsp3) is 0.385. The Balaban J connectivity index is 1.48. The SMILES string of the molecule is COc1ccc(C23C(=O)N(Nc4ccc(Cl)cc4Cl)C(=O)C2CC2C(=CCC4C(=O)N(C(C)(C)C)C(=O)C42)C3c2ccccc2OCCO)cc1. The van der Waals surface area contributed by atoms with Crippen molar-refractivity contribution in [1.82, 2.24) is 9.91 Å². The number of rotatable bonds is 8. The minimum atomic E-state index is -1.53. The van der Waals surface area contributed by atoms with E-state index in [0.717, 1.165) is 10.6 Å². The lowest BCUT2D eigenvalue weighted by molar-refractivity contribution is -0.146. The van der Waals surface area contributed by atoms with Crippen LogP contribution in [0.15, 0.2) is 78.4 Å². The number of hydrazine groups is 1. The Labute approximate surface area is 306 Å². The van der Waals surface area contributed by atoms with Crippen molar-refractivity contribution in [2.45, 2.75) is 50.5 Å². The van der Waals surface area contributed by atoms with Gasteiger partial charge >= 0.3 is 0 Å². The number of aliphatic hydroxyl groups excluding tert-OH is 1. The minimum Gasteiger partial charge on any atom is -0.497 e. The van der Waals surface area contributed by atoms with Gasteiger partial charge in [-0.25, -0.2) is 0 Å². The zero-order chi connectivity index (χ0) is 36.4. The molecule has 2 saturated heterocycles. The molecule has 51 heavy (non-hydrogen) atoms. The second kappa shape index (κ2) is 13.0. The first kappa shape index (κ1) is 35.0. The van der Waals surface area contributed by atoms with Gasteiger partial charge in [0.15, 0.2) is 0 Å². The highest BCUT2D eigenvalue weighted by atomic mass is 35.5. The van der Waals surface area contributed by atoms with Gasteiger partial charge in [0.05, 0.1) is 47.6 Å². The Hall–Kier alpha value is -4.38. The van der Waals surface area contributed by atoms with Crippen molar-refractivity contribution in [1.29, 1.82) is 0 Å². The predicted molar refractivity (Wildman–Crippen MR) is 191 cm³/mol. The lowest BCUT2D eigenvalue weighted by atomic mass is 9.49. The molecule has 3 aromatic rings. The van der Waals surface area contributed by atoms with E-state index in [1.165, 1.54) is 11.0 Å². The number of hydrogen-bond donors (Lipinski definition) is 2. The van der Waals surface area contributed by atoms with E-state index in [1.54, 1.807) is 55.6 Å². The van der Waals surface area contributed by atoms with Gasteiger partial charge in [0.25, 0.3) is 11.8 Å². The average molecular weight is 733 g/mol. The first-order valence-corrected chi connectivity index (χ1v) is 17.7. The van der Waals surface area contributed by atoms with Gasteiger partial charge in [-0.1, -0.05) is 65.2 Å². The Morgan fingerprint density at radius 3 is 2.33 bits per heavy atom. The van der Waals surface area contributed by atoms with Gasteiger partial charge in [0.1, 0.15) is 18.1 Å². The number of amides is 4. The Morgan fingerprint density at radius 2 is 1.67 bits per heavy atom. The molecule has 4 aliphatic rings. The van der Waals surface area contributed by atoms with Gasteiger partial charge in [0.2, 0.25) is 11.8 Å². The molecule has 2 aliphatic carbocycles. The maximum absolute atomic E-state index is 15.4. The molecule has 4 amide bonds. The molecule has 0 radical (unpaired) electrons. The molecule has 3 fully saturated rings. The van der Waals surface area contributed by atoms with E-state index in [2.05, 4.69) is 5.43 Å². The molecule has 12 heteroatoms. The van der Waals surface area contributed by atoms with Crippen molar-refractivity contribution in [2.24, 2.45) is 23.7 Å². The summed E-state index contributed by atoms with van der Waals surface area (Å²) in [6, 6.07) is 19.1. The van der Waals surface area contributed by atoms with Crippen molar-refractivity contribution < 1.29 is 33.8 Å². The lowest BCUT2D eigenvalue weighted by Crippen LogP contribution is -2.53. The molecule has 6 unspecified atom stereocenters. The summed E-state index contributed by atoms with van der Waals surface area (Å²) in [5.74, 6) is -4.11. The van der Waals surface area contributed by atoms with E-state index in [1.807, 2.05) is 39.0 Å². The quantitative estimate of drug-likeness (QED) is 0.209. The maximum Gasteiger partial charge on any atom is 0.260 e. The molecule has 2 aliphatic heterocycles. The predicted octanol–water partition coefficient (Wildman–Crippen LogP) is 6.16. The van der Waals surface area contributed by atoms with Crippen LogP contribution in [0.25, 0.3) is 0 Å². The van der Waals surface area contributed by atoms with Gasteiger partial charge in [-0.2, -0.15) is 5.01 Å². The zero-order valence-electron chi connectivity index (χ0n) is 28.7. The molecule has 6 atom stereocenters. The Morgan fingerprint density at radius 1 is 0.941 bits per heavy atom. The van der Waals surface area contributed by atoms with Gasteiger partial charge in [-0.05, 0) is 81.5 Å². The number of nitrogens with zero attached hydrogens (tertiary/aromatic N) is 2. The molecule has 266 valence electrons. The number of hydrogen-bond acceptors (Lipinski definition) is 8. The summed E-state index contributed by atoms with van der Waals surface area (Å²) in [6.07, 6.45) is 2.45. The number of benzene rings is 3. The highest BCUT2D eigenvalue weighted by Crippen LogP contribution is 2.65. The number of allylic oxidation sites excluding steroid dienone is 2. The molecular weight excluding hydrogens is 693 g/mol. The summed E-state index contributed by atoms with van der Waals surface area (Å²) in [4.78, 5) is 59.9. The van der Waals surface area contributed by atoms with E-state index in [4.69, 9.17) is 32.7 Å². The number of imide groups is 2.